The Morgan fingerprint density at radius 3 is 2.60 bits per heavy atom. The Labute approximate surface area is 123 Å². The van der Waals surface area contributed by atoms with Gasteiger partial charge in [-0.25, -0.2) is 0 Å². The molecule has 0 heterocycles. The van der Waals surface area contributed by atoms with E-state index in [1.54, 1.807) is 0 Å². The molecule has 0 bridgehead atoms. The van der Waals surface area contributed by atoms with E-state index >= 15 is 0 Å². The third-order valence-electron chi connectivity index (χ3n) is 3.71. The lowest BCUT2D eigenvalue weighted by Gasteiger charge is -2.27. The van der Waals surface area contributed by atoms with Gasteiger partial charge in [-0.15, -0.1) is 0 Å². The maximum absolute atomic E-state index is 9.41. The fraction of sp³-hybridized carbons (Fsp3) is 0.588. The van der Waals surface area contributed by atoms with Gasteiger partial charge in [0, 0.05) is 19.6 Å². The Hall–Kier alpha value is -1.53. The molecule has 0 fully saturated rings. The van der Waals surface area contributed by atoms with E-state index in [9.17, 15) is 5.26 Å². The Morgan fingerprint density at radius 2 is 2.05 bits per heavy atom. The predicted octanol–water partition coefficient (Wildman–Crippen LogP) is 3.54. The van der Waals surface area contributed by atoms with Gasteiger partial charge >= 0.3 is 0 Å². The van der Waals surface area contributed by atoms with Crippen LogP contribution in [0.2, 0.25) is 0 Å². The zero-order valence-corrected chi connectivity index (χ0v) is 13.2. The summed E-state index contributed by atoms with van der Waals surface area (Å²) >= 11 is 0. The van der Waals surface area contributed by atoms with E-state index in [4.69, 9.17) is 0 Å². The van der Waals surface area contributed by atoms with Gasteiger partial charge in [-0.2, -0.15) is 5.26 Å². The lowest BCUT2D eigenvalue weighted by molar-refractivity contribution is 0.548. The van der Waals surface area contributed by atoms with Crippen LogP contribution >= 0.6 is 0 Å². The van der Waals surface area contributed by atoms with Gasteiger partial charge in [-0.05, 0) is 37.1 Å². The number of anilines is 1. The molecule has 1 rings (SSSR count). The molecule has 1 N–H and O–H groups in total. The van der Waals surface area contributed by atoms with Gasteiger partial charge in [0.05, 0.1) is 11.3 Å². The average Bonchev–Trinajstić information content (AvgIpc) is 2.50. The fourth-order valence-corrected chi connectivity index (χ4v) is 2.23. The third-order valence-corrected chi connectivity index (χ3v) is 3.71. The second-order valence-corrected chi connectivity index (χ2v) is 5.30. The van der Waals surface area contributed by atoms with Gasteiger partial charge in [0.1, 0.15) is 6.07 Å². The highest BCUT2D eigenvalue weighted by Crippen LogP contribution is 2.23. The van der Waals surface area contributed by atoms with Crippen LogP contribution in [0.4, 0.5) is 5.69 Å². The van der Waals surface area contributed by atoms with Crippen molar-refractivity contribution in [3.63, 3.8) is 0 Å². The van der Waals surface area contributed by atoms with E-state index in [0.717, 1.165) is 43.9 Å². The monoisotopic (exact) mass is 273 g/mol. The first-order valence-electron chi connectivity index (χ1n) is 7.64. The summed E-state index contributed by atoms with van der Waals surface area (Å²) in [6, 6.07) is 8.58. The molecule has 0 aromatic heterocycles. The first-order chi connectivity index (χ1) is 9.65. The standard InChI is InChI=1S/C17H27N3/c1-5-14(4)13-20(7-3)17-9-8-15(12-19-6-2)10-16(17)11-18/h8-10,14,19H,5-7,12-13H2,1-4H3. The minimum Gasteiger partial charge on any atom is -0.370 e. The quantitative estimate of drug-likeness (QED) is 0.787. The van der Waals surface area contributed by atoms with Gasteiger partial charge in [0.25, 0.3) is 0 Å². The van der Waals surface area contributed by atoms with Crippen molar-refractivity contribution < 1.29 is 0 Å². The molecule has 110 valence electrons. The van der Waals surface area contributed by atoms with E-state index in [2.05, 4.69) is 56.1 Å². The van der Waals surface area contributed by atoms with Crippen LogP contribution in [0.5, 0.6) is 0 Å². The van der Waals surface area contributed by atoms with Gasteiger partial charge < -0.3 is 10.2 Å². The van der Waals surface area contributed by atoms with Crippen LogP contribution in [-0.2, 0) is 6.54 Å². The molecule has 20 heavy (non-hydrogen) atoms. The van der Waals surface area contributed by atoms with Crippen LogP contribution in [0.25, 0.3) is 0 Å². The second-order valence-electron chi connectivity index (χ2n) is 5.30. The molecule has 1 aromatic carbocycles. The van der Waals surface area contributed by atoms with Crippen molar-refractivity contribution in [1.29, 1.82) is 5.26 Å². The first kappa shape index (κ1) is 16.5. The zero-order valence-electron chi connectivity index (χ0n) is 13.2. The van der Waals surface area contributed by atoms with Crippen LogP contribution in [0.1, 0.15) is 45.2 Å². The molecular formula is C17H27N3. The Kier molecular flexibility index (Phi) is 7.11. The van der Waals surface area contributed by atoms with E-state index < -0.39 is 0 Å². The Balaban J connectivity index is 2.95. The number of hydrogen-bond donors (Lipinski definition) is 1. The van der Waals surface area contributed by atoms with Crippen LogP contribution < -0.4 is 10.2 Å². The van der Waals surface area contributed by atoms with Gasteiger partial charge in [-0.3, -0.25) is 0 Å². The summed E-state index contributed by atoms with van der Waals surface area (Å²) in [6.45, 7) is 12.4. The summed E-state index contributed by atoms with van der Waals surface area (Å²) in [6.07, 6.45) is 1.16. The summed E-state index contributed by atoms with van der Waals surface area (Å²) in [5.74, 6) is 0.642. The lowest BCUT2D eigenvalue weighted by atomic mass is 10.1. The van der Waals surface area contributed by atoms with Crippen molar-refractivity contribution in [3.8, 4) is 6.07 Å². The number of nitrogens with zero attached hydrogens (tertiary/aromatic N) is 2. The van der Waals surface area contributed by atoms with E-state index in [1.807, 2.05) is 6.07 Å². The van der Waals surface area contributed by atoms with Crippen LogP contribution in [0, 0.1) is 17.2 Å². The predicted molar refractivity (Wildman–Crippen MR) is 85.9 cm³/mol. The Morgan fingerprint density at radius 1 is 1.30 bits per heavy atom. The molecule has 0 radical (unpaired) electrons. The summed E-state index contributed by atoms with van der Waals surface area (Å²) in [4.78, 5) is 2.31. The van der Waals surface area contributed by atoms with Crippen molar-refractivity contribution >= 4 is 5.69 Å². The van der Waals surface area contributed by atoms with Crippen molar-refractivity contribution in [2.24, 2.45) is 5.92 Å². The molecule has 0 saturated heterocycles. The molecule has 0 aliphatic carbocycles. The molecular weight excluding hydrogens is 246 g/mol. The highest BCUT2D eigenvalue weighted by Gasteiger charge is 2.12. The molecule has 0 aliphatic heterocycles. The van der Waals surface area contributed by atoms with E-state index in [0.29, 0.717) is 5.92 Å². The third kappa shape index (κ3) is 4.54. The maximum atomic E-state index is 9.41. The minimum absolute atomic E-state index is 0.642. The van der Waals surface area contributed by atoms with Crippen molar-refractivity contribution in [1.82, 2.24) is 5.32 Å². The molecule has 0 saturated carbocycles. The lowest BCUT2D eigenvalue weighted by Crippen LogP contribution is -2.28. The molecule has 1 unspecified atom stereocenters. The van der Waals surface area contributed by atoms with E-state index in [-0.39, 0.29) is 0 Å². The van der Waals surface area contributed by atoms with Crippen molar-refractivity contribution in [2.75, 3.05) is 24.5 Å². The molecule has 3 nitrogen and oxygen atoms in total. The first-order valence-corrected chi connectivity index (χ1v) is 7.64. The highest BCUT2D eigenvalue weighted by atomic mass is 15.1. The Bertz CT molecular complexity index is 448. The van der Waals surface area contributed by atoms with Crippen LogP contribution in [0.15, 0.2) is 18.2 Å². The number of nitrogens with one attached hydrogen (secondary N) is 1. The van der Waals surface area contributed by atoms with Gasteiger partial charge in [-0.1, -0.05) is 33.3 Å². The number of benzene rings is 1. The smallest absolute Gasteiger partial charge is 0.101 e. The zero-order chi connectivity index (χ0) is 15.0. The summed E-state index contributed by atoms with van der Waals surface area (Å²) in [7, 11) is 0. The average molecular weight is 273 g/mol. The topological polar surface area (TPSA) is 39.1 Å². The van der Waals surface area contributed by atoms with Crippen LogP contribution in [-0.4, -0.2) is 19.6 Å². The molecule has 0 aliphatic rings. The molecule has 1 atom stereocenters. The van der Waals surface area contributed by atoms with Crippen molar-refractivity contribution in [3.05, 3.63) is 29.3 Å². The van der Waals surface area contributed by atoms with Crippen molar-refractivity contribution in [2.45, 2.75) is 40.7 Å². The summed E-state index contributed by atoms with van der Waals surface area (Å²) in [5, 5.41) is 12.7. The van der Waals surface area contributed by atoms with Gasteiger partial charge in [0.15, 0.2) is 0 Å². The molecule has 3 heteroatoms. The fourth-order valence-electron chi connectivity index (χ4n) is 2.23. The summed E-state index contributed by atoms with van der Waals surface area (Å²) < 4.78 is 0. The van der Waals surface area contributed by atoms with Crippen LogP contribution in [0.3, 0.4) is 0 Å². The molecule has 1 aromatic rings. The molecule has 0 spiro atoms. The normalized spacial score (nSPS) is 11.9. The molecule has 0 amide bonds. The highest BCUT2D eigenvalue weighted by molar-refractivity contribution is 5.60. The SMILES string of the molecule is CCNCc1ccc(N(CC)CC(C)CC)c(C#N)c1. The number of hydrogen-bond acceptors (Lipinski definition) is 3. The largest absolute Gasteiger partial charge is 0.370 e. The summed E-state index contributed by atoms with van der Waals surface area (Å²) in [5.41, 5.74) is 3.02. The van der Waals surface area contributed by atoms with E-state index in [1.165, 1.54) is 5.56 Å². The second kappa shape index (κ2) is 8.60. The van der Waals surface area contributed by atoms with Gasteiger partial charge in [0.2, 0.25) is 0 Å². The maximum Gasteiger partial charge on any atom is 0.101 e. The number of rotatable bonds is 8. The minimum atomic E-state index is 0.642. The number of nitriles is 1.